The number of rotatable bonds is 10. The molecule has 0 heterocycles. The van der Waals surface area contributed by atoms with E-state index in [-0.39, 0.29) is 17.6 Å². The highest BCUT2D eigenvalue weighted by Gasteiger charge is 2.40. The van der Waals surface area contributed by atoms with E-state index in [1.807, 2.05) is 0 Å². The van der Waals surface area contributed by atoms with Gasteiger partial charge in [0, 0.05) is 13.0 Å². The maximum absolute atomic E-state index is 12.9. The van der Waals surface area contributed by atoms with E-state index in [1.54, 1.807) is 13.8 Å². The molecule has 0 aliphatic heterocycles. The fourth-order valence-electron chi connectivity index (χ4n) is 3.32. The van der Waals surface area contributed by atoms with Crippen LogP contribution in [0.3, 0.4) is 0 Å². The van der Waals surface area contributed by atoms with Crippen molar-refractivity contribution in [3.05, 3.63) is 0 Å². The standard InChI is InChI=1S/C17H31NO5S/c1-13(2)16(24(22,23)14-9-5-3-6-10-14)17(21)18-12-8-4-7-11-15(19)20/h13-14,16H,3-12H2,1-2H3,(H,18,21)(H,19,20). The molecule has 1 amide bonds. The van der Waals surface area contributed by atoms with E-state index in [0.717, 1.165) is 19.3 Å². The second-order valence-electron chi connectivity index (χ2n) is 7.01. The Labute approximate surface area is 145 Å². The fraction of sp³-hybridized carbons (Fsp3) is 0.882. The van der Waals surface area contributed by atoms with Gasteiger partial charge < -0.3 is 10.4 Å². The molecule has 24 heavy (non-hydrogen) atoms. The molecule has 0 aromatic carbocycles. The molecule has 1 saturated carbocycles. The van der Waals surface area contributed by atoms with E-state index in [0.29, 0.717) is 38.6 Å². The van der Waals surface area contributed by atoms with Crippen molar-refractivity contribution < 1.29 is 23.1 Å². The number of carboxylic acids is 1. The van der Waals surface area contributed by atoms with E-state index in [9.17, 15) is 18.0 Å². The topological polar surface area (TPSA) is 101 Å². The third-order valence-electron chi connectivity index (χ3n) is 4.60. The van der Waals surface area contributed by atoms with Crippen LogP contribution in [-0.4, -0.2) is 42.4 Å². The summed E-state index contributed by atoms with van der Waals surface area (Å²) < 4.78 is 25.7. The average Bonchev–Trinajstić information content (AvgIpc) is 2.50. The van der Waals surface area contributed by atoms with Gasteiger partial charge in [-0.25, -0.2) is 8.42 Å². The van der Waals surface area contributed by atoms with Gasteiger partial charge in [-0.15, -0.1) is 0 Å². The number of carbonyl (C=O) groups is 2. The molecule has 0 aromatic rings. The zero-order valence-corrected chi connectivity index (χ0v) is 15.6. The van der Waals surface area contributed by atoms with Crippen LogP contribution in [0.5, 0.6) is 0 Å². The second-order valence-corrected chi connectivity index (χ2v) is 9.36. The van der Waals surface area contributed by atoms with E-state index in [4.69, 9.17) is 5.11 Å². The minimum absolute atomic E-state index is 0.124. The highest BCUT2D eigenvalue weighted by Crippen LogP contribution is 2.29. The number of amides is 1. The minimum Gasteiger partial charge on any atom is -0.481 e. The van der Waals surface area contributed by atoms with Crippen molar-refractivity contribution in [1.29, 1.82) is 0 Å². The molecule has 0 spiro atoms. The Hall–Kier alpha value is -1.11. The van der Waals surface area contributed by atoms with Crippen LogP contribution in [0.2, 0.25) is 0 Å². The van der Waals surface area contributed by atoms with E-state index in [1.165, 1.54) is 0 Å². The summed E-state index contributed by atoms with van der Waals surface area (Å²) in [6.45, 7) is 3.94. The smallest absolute Gasteiger partial charge is 0.303 e. The lowest BCUT2D eigenvalue weighted by Gasteiger charge is -2.28. The van der Waals surface area contributed by atoms with Gasteiger partial charge in [-0.05, 0) is 31.6 Å². The van der Waals surface area contributed by atoms with Crippen LogP contribution in [0.25, 0.3) is 0 Å². The number of carboxylic acid groups (broad SMARTS) is 1. The summed E-state index contributed by atoms with van der Waals surface area (Å²) in [5, 5.41) is 9.93. The van der Waals surface area contributed by atoms with Crippen molar-refractivity contribution in [1.82, 2.24) is 5.32 Å². The lowest BCUT2D eigenvalue weighted by atomic mass is 10.0. The number of unbranched alkanes of at least 4 members (excludes halogenated alkanes) is 2. The van der Waals surface area contributed by atoms with Gasteiger partial charge in [0.25, 0.3) is 0 Å². The van der Waals surface area contributed by atoms with Crippen molar-refractivity contribution in [2.45, 2.75) is 82.1 Å². The molecule has 1 rings (SSSR count). The Morgan fingerprint density at radius 2 is 1.71 bits per heavy atom. The van der Waals surface area contributed by atoms with Gasteiger partial charge >= 0.3 is 5.97 Å². The van der Waals surface area contributed by atoms with Gasteiger partial charge in [0.2, 0.25) is 5.91 Å². The number of nitrogens with one attached hydrogen (secondary N) is 1. The predicted octanol–water partition coefficient (Wildman–Crippen LogP) is 2.52. The molecule has 0 aromatic heterocycles. The van der Waals surface area contributed by atoms with Crippen molar-refractivity contribution in [3.63, 3.8) is 0 Å². The lowest BCUT2D eigenvalue weighted by molar-refractivity contribution is -0.137. The quantitative estimate of drug-likeness (QED) is 0.582. The van der Waals surface area contributed by atoms with Gasteiger partial charge in [0.1, 0.15) is 5.25 Å². The van der Waals surface area contributed by atoms with Crippen LogP contribution in [0.15, 0.2) is 0 Å². The SMILES string of the molecule is CC(C)C(C(=O)NCCCCCC(=O)O)S(=O)(=O)C1CCCCC1. The minimum atomic E-state index is -3.47. The third-order valence-corrected chi connectivity index (χ3v) is 7.47. The van der Waals surface area contributed by atoms with E-state index in [2.05, 4.69) is 5.32 Å². The highest BCUT2D eigenvalue weighted by atomic mass is 32.2. The largest absolute Gasteiger partial charge is 0.481 e. The van der Waals surface area contributed by atoms with Crippen LogP contribution in [0.4, 0.5) is 0 Å². The highest BCUT2D eigenvalue weighted by molar-refractivity contribution is 7.93. The first kappa shape index (κ1) is 20.9. The molecular formula is C17H31NO5S. The van der Waals surface area contributed by atoms with Gasteiger partial charge in [0.15, 0.2) is 9.84 Å². The van der Waals surface area contributed by atoms with Crippen molar-refractivity contribution >= 4 is 21.7 Å². The maximum atomic E-state index is 12.9. The molecule has 0 radical (unpaired) electrons. The Morgan fingerprint density at radius 1 is 1.08 bits per heavy atom. The molecule has 1 unspecified atom stereocenters. The lowest BCUT2D eigenvalue weighted by Crippen LogP contribution is -2.47. The fourth-order valence-corrected chi connectivity index (χ4v) is 5.87. The summed E-state index contributed by atoms with van der Waals surface area (Å²) in [7, 11) is -3.47. The Balaban J connectivity index is 2.54. The maximum Gasteiger partial charge on any atom is 0.303 e. The molecule has 6 nitrogen and oxygen atoms in total. The van der Waals surface area contributed by atoms with Crippen LogP contribution >= 0.6 is 0 Å². The molecule has 1 aliphatic rings. The summed E-state index contributed by atoms with van der Waals surface area (Å²) in [6, 6.07) is 0. The summed E-state index contributed by atoms with van der Waals surface area (Å²) in [4.78, 5) is 22.9. The first-order chi connectivity index (χ1) is 11.3. The van der Waals surface area contributed by atoms with Crippen molar-refractivity contribution in [3.8, 4) is 0 Å². The average molecular weight is 362 g/mol. The summed E-state index contributed by atoms with van der Waals surface area (Å²) >= 11 is 0. The van der Waals surface area contributed by atoms with E-state index < -0.39 is 27.0 Å². The number of aliphatic carboxylic acids is 1. The molecule has 1 aliphatic carbocycles. The molecule has 0 bridgehead atoms. The molecular weight excluding hydrogens is 330 g/mol. The van der Waals surface area contributed by atoms with Crippen LogP contribution in [0, 0.1) is 5.92 Å². The van der Waals surface area contributed by atoms with Gasteiger partial charge in [-0.1, -0.05) is 39.5 Å². The molecule has 2 N–H and O–H groups in total. The van der Waals surface area contributed by atoms with Gasteiger partial charge in [-0.2, -0.15) is 0 Å². The first-order valence-corrected chi connectivity index (χ1v) is 10.6. The summed E-state index contributed by atoms with van der Waals surface area (Å²) in [5.74, 6) is -1.49. The van der Waals surface area contributed by atoms with Crippen LogP contribution < -0.4 is 5.32 Å². The molecule has 1 atom stereocenters. The van der Waals surface area contributed by atoms with Crippen molar-refractivity contribution in [2.75, 3.05) is 6.54 Å². The number of carbonyl (C=O) groups excluding carboxylic acids is 1. The molecule has 0 saturated heterocycles. The number of sulfone groups is 1. The summed E-state index contributed by atoms with van der Waals surface area (Å²) in [6.07, 6.45) is 6.28. The van der Waals surface area contributed by atoms with E-state index >= 15 is 0 Å². The Bertz CT molecular complexity index is 509. The molecule has 1 fully saturated rings. The second kappa shape index (κ2) is 10.0. The van der Waals surface area contributed by atoms with Gasteiger partial charge in [-0.3, -0.25) is 9.59 Å². The Morgan fingerprint density at radius 3 is 2.25 bits per heavy atom. The van der Waals surface area contributed by atoms with Crippen molar-refractivity contribution in [2.24, 2.45) is 5.92 Å². The first-order valence-electron chi connectivity index (χ1n) is 8.99. The normalized spacial score (nSPS) is 17.6. The Kier molecular flexibility index (Phi) is 8.73. The zero-order valence-electron chi connectivity index (χ0n) is 14.8. The summed E-state index contributed by atoms with van der Waals surface area (Å²) in [5.41, 5.74) is 0. The van der Waals surface area contributed by atoms with Crippen LogP contribution in [-0.2, 0) is 19.4 Å². The van der Waals surface area contributed by atoms with Gasteiger partial charge in [0.05, 0.1) is 5.25 Å². The third kappa shape index (κ3) is 6.42. The zero-order chi connectivity index (χ0) is 18.2. The number of hydrogen-bond donors (Lipinski definition) is 2. The number of hydrogen-bond acceptors (Lipinski definition) is 4. The molecule has 7 heteroatoms. The predicted molar refractivity (Wildman–Crippen MR) is 93.5 cm³/mol. The molecule has 140 valence electrons. The monoisotopic (exact) mass is 361 g/mol. The van der Waals surface area contributed by atoms with Crippen LogP contribution in [0.1, 0.15) is 71.6 Å².